The summed E-state index contributed by atoms with van der Waals surface area (Å²) in [5.74, 6) is -0.782. The van der Waals surface area contributed by atoms with Gasteiger partial charge in [0.05, 0.1) is 23.7 Å². The fourth-order valence-electron chi connectivity index (χ4n) is 2.48. The summed E-state index contributed by atoms with van der Waals surface area (Å²) in [4.78, 5) is 37.8. The van der Waals surface area contributed by atoms with E-state index in [9.17, 15) is 14.4 Å². The number of thioether (sulfide) groups is 1. The predicted octanol–water partition coefficient (Wildman–Crippen LogP) is 4.62. The maximum absolute atomic E-state index is 12.5. The second-order valence-corrected chi connectivity index (χ2v) is 7.16. The Kier molecular flexibility index (Phi) is 6.38. The van der Waals surface area contributed by atoms with Gasteiger partial charge in [0.25, 0.3) is 11.1 Å². The topological polar surface area (TPSA) is 75.7 Å². The Balaban J connectivity index is 1.65. The van der Waals surface area contributed by atoms with Gasteiger partial charge in [-0.1, -0.05) is 29.8 Å². The molecule has 2 amide bonds. The van der Waals surface area contributed by atoms with Crippen LogP contribution in [0.3, 0.4) is 0 Å². The molecule has 1 aliphatic heterocycles. The van der Waals surface area contributed by atoms with Crippen molar-refractivity contribution in [2.75, 3.05) is 18.6 Å². The molecule has 1 fully saturated rings. The molecule has 28 heavy (non-hydrogen) atoms. The molecule has 2 aromatic rings. The molecule has 1 N–H and O–H groups in total. The average molecular weight is 417 g/mol. The van der Waals surface area contributed by atoms with Crippen LogP contribution in [0.5, 0.6) is 0 Å². The summed E-state index contributed by atoms with van der Waals surface area (Å²) in [6, 6.07) is 13.7. The number of amides is 2. The normalized spacial score (nSPS) is 15.2. The Morgan fingerprint density at radius 3 is 2.57 bits per heavy atom. The maximum atomic E-state index is 12.5. The molecule has 0 aliphatic carbocycles. The van der Waals surface area contributed by atoms with Gasteiger partial charge >= 0.3 is 5.97 Å². The highest BCUT2D eigenvalue weighted by Gasteiger charge is 2.34. The van der Waals surface area contributed by atoms with Crippen LogP contribution in [0, 0.1) is 0 Å². The van der Waals surface area contributed by atoms with E-state index in [1.807, 2.05) is 6.07 Å². The molecular weight excluding hydrogens is 400 g/mol. The van der Waals surface area contributed by atoms with E-state index in [1.165, 1.54) is 0 Å². The molecule has 2 aromatic carbocycles. The van der Waals surface area contributed by atoms with Crippen LogP contribution < -0.4 is 5.32 Å². The third kappa shape index (κ3) is 4.55. The number of ether oxygens (including phenoxy) is 1. The van der Waals surface area contributed by atoms with E-state index >= 15 is 0 Å². The minimum absolute atomic E-state index is 0.0171. The minimum Gasteiger partial charge on any atom is -0.462 e. The number of anilines is 1. The van der Waals surface area contributed by atoms with Gasteiger partial charge < -0.3 is 10.1 Å². The lowest BCUT2D eigenvalue weighted by Gasteiger charge is -2.14. The zero-order chi connectivity index (χ0) is 20.1. The first-order valence-corrected chi connectivity index (χ1v) is 9.70. The standard InChI is InChI=1S/C20H17ClN2O4S/c1-2-27-19(25)13-7-9-15(10-8-13)22-12-23-18(24)17(28-20(23)26)11-14-5-3-4-6-16(14)21/h3-11,22H,2,12H2,1H3. The number of imide groups is 1. The monoisotopic (exact) mass is 416 g/mol. The third-order valence-corrected chi connectivity index (χ3v) is 5.15. The highest BCUT2D eigenvalue weighted by atomic mass is 35.5. The van der Waals surface area contributed by atoms with E-state index in [2.05, 4.69) is 5.32 Å². The van der Waals surface area contributed by atoms with Crippen molar-refractivity contribution in [3.8, 4) is 0 Å². The number of esters is 1. The van der Waals surface area contributed by atoms with Gasteiger partial charge in [0.15, 0.2) is 0 Å². The highest BCUT2D eigenvalue weighted by molar-refractivity contribution is 8.18. The summed E-state index contributed by atoms with van der Waals surface area (Å²) in [5.41, 5.74) is 1.78. The van der Waals surface area contributed by atoms with Crippen molar-refractivity contribution in [3.05, 3.63) is 69.6 Å². The molecule has 144 valence electrons. The van der Waals surface area contributed by atoms with Crippen LogP contribution in [0.1, 0.15) is 22.8 Å². The lowest BCUT2D eigenvalue weighted by Crippen LogP contribution is -2.33. The maximum Gasteiger partial charge on any atom is 0.338 e. The zero-order valence-corrected chi connectivity index (χ0v) is 16.5. The molecule has 0 bridgehead atoms. The van der Waals surface area contributed by atoms with Crippen LogP contribution in [0.4, 0.5) is 10.5 Å². The van der Waals surface area contributed by atoms with Crippen LogP contribution in [-0.4, -0.2) is 35.3 Å². The molecule has 6 nitrogen and oxygen atoms in total. The highest BCUT2D eigenvalue weighted by Crippen LogP contribution is 2.33. The Hall–Kier alpha value is -2.77. The van der Waals surface area contributed by atoms with Gasteiger partial charge in [-0.25, -0.2) is 4.79 Å². The van der Waals surface area contributed by atoms with Crippen molar-refractivity contribution in [2.45, 2.75) is 6.92 Å². The number of hydrogen-bond acceptors (Lipinski definition) is 6. The van der Waals surface area contributed by atoms with E-state index in [4.69, 9.17) is 16.3 Å². The number of nitrogens with zero attached hydrogens (tertiary/aromatic N) is 1. The quantitative estimate of drug-likeness (QED) is 0.547. The molecule has 0 saturated carbocycles. The van der Waals surface area contributed by atoms with E-state index < -0.39 is 5.97 Å². The average Bonchev–Trinajstić information content (AvgIpc) is 2.95. The van der Waals surface area contributed by atoms with Crippen LogP contribution in [0.2, 0.25) is 5.02 Å². The van der Waals surface area contributed by atoms with Crippen molar-refractivity contribution in [2.24, 2.45) is 0 Å². The summed E-state index contributed by atoms with van der Waals surface area (Å²) >= 11 is 6.98. The van der Waals surface area contributed by atoms with Gasteiger partial charge in [0, 0.05) is 10.7 Å². The lowest BCUT2D eigenvalue weighted by atomic mass is 10.2. The van der Waals surface area contributed by atoms with Gasteiger partial charge in [-0.2, -0.15) is 0 Å². The second kappa shape index (κ2) is 8.95. The first kappa shape index (κ1) is 20.0. The van der Waals surface area contributed by atoms with Crippen molar-refractivity contribution in [1.29, 1.82) is 0 Å². The first-order chi connectivity index (χ1) is 13.5. The summed E-state index contributed by atoms with van der Waals surface area (Å²) in [6.07, 6.45) is 1.61. The number of nitrogens with one attached hydrogen (secondary N) is 1. The first-order valence-electron chi connectivity index (χ1n) is 8.50. The summed E-state index contributed by atoms with van der Waals surface area (Å²) in [7, 11) is 0. The Bertz CT molecular complexity index is 943. The zero-order valence-electron chi connectivity index (χ0n) is 15.0. The minimum atomic E-state index is -0.398. The van der Waals surface area contributed by atoms with Crippen LogP contribution >= 0.6 is 23.4 Å². The van der Waals surface area contributed by atoms with E-state index in [-0.39, 0.29) is 17.8 Å². The van der Waals surface area contributed by atoms with Crippen LogP contribution in [0.25, 0.3) is 6.08 Å². The number of benzene rings is 2. The van der Waals surface area contributed by atoms with Crippen molar-refractivity contribution < 1.29 is 19.1 Å². The van der Waals surface area contributed by atoms with E-state index in [1.54, 1.807) is 55.5 Å². The van der Waals surface area contributed by atoms with Crippen molar-refractivity contribution >= 4 is 52.2 Å². The molecule has 1 aliphatic rings. The molecule has 1 saturated heterocycles. The van der Waals surface area contributed by atoms with Crippen molar-refractivity contribution in [3.63, 3.8) is 0 Å². The largest absolute Gasteiger partial charge is 0.462 e. The smallest absolute Gasteiger partial charge is 0.338 e. The van der Waals surface area contributed by atoms with Crippen molar-refractivity contribution in [1.82, 2.24) is 4.90 Å². The lowest BCUT2D eigenvalue weighted by molar-refractivity contribution is -0.122. The van der Waals surface area contributed by atoms with Gasteiger partial charge in [0.1, 0.15) is 0 Å². The molecular formula is C20H17ClN2O4S. The van der Waals surface area contributed by atoms with E-state index in [0.29, 0.717) is 33.3 Å². The van der Waals surface area contributed by atoms with Gasteiger partial charge in [-0.15, -0.1) is 0 Å². The Morgan fingerprint density at radius 1 is 1.18 bits per heavy atom. The van der Waals surface area contributed by atoms with E-state index in [0.717, 1.165) is 16.7 Å². The molecule has 0 unspecified atom stereocenters. The molecule has 0 aromatic heterocycles. The Morgan fingerprint density at radius 2 is 1.89 bits per heavy atom. The van der Waals surface area contributed by atoms with Crippen LogP contribution in [0.15, 0.2) is 53.4 Å². The summed E-state index contributed by atoms with van der Waals surface area (Å²) in [5, 5.41) is 3.15. The Labute approximate surface area is 171 Å². The fraction of sp³-hybridized carbons (Fsp3) is 0.150. The van der Waals surface area contributed by atoms with Gasteiger partial charge in [-0.3, -0.25) is 14.5 Å². The second-order valence-electron chi connectivity index (χ2n) is 5.76. The number of hydrogen-bond donors (Lipinski definition) is 1. The molecule has 0 atom stereocenters. The number of halogens is 1. The molecule has 0 spiro atoms. The fourth-order valence-corrected chi connectivity index (χ4v) is 3.50. The van der Waals surface area contributed by atoms with Gasteiger partial charge in [0.2, 0.25) is 0 Å². The SMILES string of the molecule is CCOC(=O)c1ccc(NCN2C(=O)SC(=Cc3ccccc3Cl)C2=O)cc1. The number of rotatable bonds is 6. The molecule has 0 radical (unpaired) electrons. The number of carbonyl (C=O) groups excluding carboxylic acids is 3. The predicted molar refractivity (Wildman–Crippen MR) is 110 cm³/mol. The van der Waals surface area contributed by atoms with Gasteiger partial charge in [-0.05, 0) is 60.7 Å². The molecule has 8 heteroatoms. The summed E-state index contributed by atoms with van der Waals surface area (Å²) < 4.78 is 4.93. The third-order valence-electron chi connectivity index (χ3n) is 3.90. The molecule has 3 rings (SSSR count). The molecule has 1 heterocycles. The summed E-state index contributed by atoms with van der Waals surface area (Å²) in [6.45, 7) is 2.06. The number of carbonyl (C=O) groups is 3. The van der Waals surface area contributed by atoms with Crippen LogP contribution in [-0.2, 0) is 9.53 Å².